The molecule has 1 N–H and O–H groups in total. The normalized spacial score (nSPS) is 10.3. The van der Waals surface area contributed by atoms with E-state index in [1.165, 1.54) is 18.2 Å². The molecular weight excluding hydrogens is 272 g/mol. The van der Waals surface area contributed by atoms with Gasteiger partial charge >= 0.3 is 5.69 Å². The van der Waals surface area contributed by atoms with Crippen molar-refractivity contribution in [2.75, 3.05) is 0 Å². The second-order valence-electron chi connectivity index (χ2n) is 3.87. The molecule has 0 aliphatic heterocycles. The molecule has 0 bridgehead atoms. The maximum Gasteiger partial charge on any atom is 0.311 e. The van der Waals surface area contributed by atoms with E-state index in [0.717, 1.165) is 18.2 Å². The van der Waals surface area contributed by atoms with Crippen molar-refractivity contribution in [1.29, 1.82) is 0 Å². The highest BCUT2D eigenvalue weighted by Gasteiger charge is 2.19. The highest BCUT2D eigenvalue weighted by molar-refractivity contribution is 5.48. The monoisotopic (exact) mass is 281 g/mol. The molecule has 0 aromatic heterocycles. The zero-order valence-corrected chi connectivity index (χ0v) is 10.0. The predicted octanol–water partition coefficient (Wildman–Crippen LogP) is 3.16. The lowest BCUT2D eigenvalue weighted by Crippen LogP contribution is -1.98. The molecule has 20 heavy (non-hydrogen) atoms. The lowest BCUT2D eigenvalue weighted by Gasteiger charge is -2.09. The Kier molecular flexibility index (Phi) is 3.90. The van der Waals surface area contributed by atoms with E-state index in [1.807, 2.05) is 0 Å². The highest BCUT2D eigenvalue weighted by Crippen LogP contribution is 2.34. The quantitative estimate of drug-likeness (QED) is 0.690. The third kappa shape index (κ3) is 2.72. The number of nitrogens with zero attached hydrogens (tertiary/aromatic N) is 1. The number of nitro benzene ring substituents is 1. The van der Waals surface area contributed by atoms with Gasteiger partial charge in [-0.15, -0.1) is 0 Å². The molecule has 0 saturated heterocycles. The van der Waals surface area contributed by atoms with Gasteiger partial charge in [0.15, 0.2) is 17.4 Å². The fourth-order valence-corrected chi connectivity index (χ4v) is 1.61. The lowest BCUT2D eigenvalue weighted by molar-refractivity contribution is -0.385. The number of benzene rings is 2. The van der Waals surface area contributed by atoms with Crippen molar-refractivity contribution in [3.63, 3.8) is 0 Å². The second kappa shape index (κ2) is 5.62. The number of para-hydroxylation sites is 2. The Labute approximate surface area is 112 Å². The van der Waals surface area contributed by atoms with Crippen LogP contribution in [0.1, 0.15) is 5.56 Å². The Morgan fingerprint density at radius 3 is 2.35 bits per heavy atom. The van der Waals surface area contributed by atoms with Crippen molar-refractivity contribution in [2.45, 2.75) is 6.61 Å². The Balaban J connectivity index is 2.43. The number of aliphatic hydroxyl groups excluding tert-OH is 1. The van der Waals surface area contributed by atoms with Crippen LogP contribution in [0, 0.1) is 21.7 Å². The van der Waals surface area contributed by atoms with Crippen molar-refractivity contribution in [2.24, 2.45) is 0 Å². The smallest absolute Gasteiger partial charge is 0.311 e. The Morgan fingerprint density at radius 1 is 1.20 bits per heavy atom. The van der Waals surface area contributed by atoms with E-state index in [4.69, 9.17) is 9.84 Å². The van der Waals surface area contributed by atoms with Gasteiger partial charge in [-0.25, -0.2) is 8.78 Å². The molecule has 0 aliphatic carbocycles. The molecule has 0 amide bonds. The molecule has 104 valence electrons. The van der Waals surface area contributed by atoms with Gasteiger partial charge in [0.1, 0.15) is 0 Å². The summed E-state index contributed by atoms with van der Waals surface area (Å²) < 4.78 is 32.3. The summed E-state index contributed by atoms with van der Waals surface area (Å²) in [4.78, 5) is 10.1. The summed E-state index contributed by atoms with van der Waals surface area (Å²) in [7, 11) is 0. The number of halogens is 2. The molecule has 0 spiro atoms. The van der Waals surface area contributed by atoms with Crippen LogP contribution in [-0.2, 0) is 6.61 Å². The summed E-state index contributed by atoms with van der Waals surface area (Å²) in [5, 5.41) is 19.6. The number of hydrogen-bond acceptors (Lipinski definition) is 4. The van der Waals surface area contributed by atoms with Crippen LogP contribution in [0.5, 0.6) is 11.5 Å². The third-order valence-electron chi connectivity index (χ3n) is 2.51. The van der Waals surface area contributed by atoms with Gasteiger partial charge in [0.05, 0.1) is 11.5 Å². The number of ether oxygens (including phenoxy) is 1. The van der Waals surface area contributed by atoms with Crippen LogP contribution < -0.4 is 4.74 Å². The standard InChI is InChI=1S/C13H9F2NO4/c14-9-5-8(7-17)6-10(15)13(9)20-12-4-2-1-3-11(12)16(18)19/h1-6,17H,7H2. The second-order valence-corrected chi connectivity index (χ2v) is 3.87. The fourth-order valence-electron chi connectivity index (χ4n) is 1.61. The van der Waals surface area contributed by atoms with Crippen LogP contribution in [-0.4, -0.2) is 10.0 Å². The third-order valence-corrected chi connectivity index (χ3v) is 2.51. The lowest BCUT2D eigenvalue weighted by atomic mass is 10.2. The molecular formula is C13H9F2NO4. The summed E-state index contributed by atoms with van der Waals surface area (Å²) in [6, 6.07) is 7.04. The average Bonchev–Trinajstić information content (AvgIpc) is 2.42. The number of hydrogen-bond donors (Lipinski definition) is 1. The fraction of sp³-hybridized carbons (Fsp3) is 0.0769. The zero-order chi connectivity index (χ0) is 14.7. The van der Waals surface area contributed by atoms with Gasteiger partial charge < -0.3 is 9.84 Å². The molecule has 0 heterocycles. The highest BCUT2D eigenvalue weighted by atomic mass is 19.1. The number of aliphatic hydroxyl groups is 1. The van der Waals surface area contributed by atoms with Crippen LogP contribution in [0.2, 0.25) is 0 Å². The van der Waals surface area contributed by atoms with Crippen LogP contribution in [0.4, 0.5) is 14.5 Å². The minimum Gasteiger partial charge on any atom is -0.444 e. The zero-order valence-electron chi connectivity index (χ0n) is 10.0. The van der Waals surface area contributed by atoms with E-state index in [1.54, 1.807) is 0 Å². The molecule has 2 rings (SSSR count). The van der Waals surface area contributed by atoms with Gasteiger partial charge in [0.2, 0.25) is 5.75 Å². The summed E-state index contributed by atoms with van der Waals surface area (Å²) >= 11 is 0. The molecule has 0 saturated carbocycles. The molecule has 2 aromatic carbocycles. The summed E-state index contributed by atoms with van der Waals surface area (Å²) in [6.45, 7) is -0.528. The van der Waals surface area contributed by atoms with Gasteiger partial charge in [-0.2, -0.15) is 0 Å². The van der Waals surface area contributed by atoms with Crippen molar-refractivity contribution in [1.82, 2.24) is 0 Å². The molecule has 0 unspecified atom stereocenters. The molecule has 7 heteroatoms. The molecule has 0 atom stereocenters. The molecule has 2 aromatic rings. The molecule has 0 aliphatic rings. The van der Waals surface area contributed by atoms with E-state index in [9.17, 15) is 18.9 Å². The Hall–Kier alpha value is -2.54. The van der Waals surface area contributed by atoms with Crippen molar-refractivity contribution in [3.8, 4) is 11.5 Å². The van der Waals surface area contributed by atoms with Crippen LogP contribution >= 0.6 is 0 Å². The maximum absolute atomic E-state index is 13.7. The largest absolute Gasteiger partial charge is 0.444 e. The van der Waals surface area contributed by atoms with Crippen LogP contribution in [0.15, 0.2) is 36.4 Å². The molecule has 0 fully saturated rings. The first-order valence-corrected chi connectivity index (χ1v) is 5.53. The first-order chi connectivity index (χ1) is 9.52. The van der Waals surface area contributed by atoms with Crippen molar-refractivity contribution >= 4 is 5.69 Å². The van der Waals surface area contributed by atoms with E-state index in [2.05, 4.69) is 0 Å². The predicted molar refractivity (Wildman–Crippen MR) is 65.5 cm³/mol. The minimum absolute atomic E-state index is 0.0370. The SMILES string of the molecule is O=[N+]([O-])c1ccccc1Oc1c(F)cc(CO)cc1F. The van der Waals surface area contributed by atoms with Gasteiger partial charge in [-0.1, -0.05) is 12.1 Å². The molecule has 5 nitrogen and oxygen atoms in total. The van der Waals surface area contributed by atoms with Gasteiger partial charge in [0, 0.05) is 6.07 Å². The Morgan fingerprint density at radius 2 is 1.80 bits per heavy atom. The van der Waals surface area contributed by atoms with E-state index in [-0.39, 0.29) is 11.3 Å². The van der Waals surface area contributed by atoms with E-state index in [0.29, 0.717) is 0 Å². The minimum atomic E-state index is -1.05. The van der Waals surface area contributed by atoms with E-state index < -0.39 is 34.6 Å². The van der Waals surface area contributed by atoms with Crippen molar-refractivity contribution < 1.29 is 23.5 Å². The maximum atomic E-state index is 13.7. The first-order valence-electron chi connectivity index (χ1n) is 5.53. The van der Waals surface area contributed by atoms with Gasteiger partial charge in [-0.3, -0.25) is 10.1 Å². The number of rotatable bonds is 4. The van der Waals surface area contributed by atoms with Gasteiger partial charge in [0.25, 0.3) is 0 Å². The topological polar surface area (TPSA) is 72.6 Å². The number of nitro groups is 1. The van der Waals surface area contributed by atoms with Crippen molar-refractivity contribution in [3.05, 3.63) is 63.7 Å². The van der Waals surface area contributed by atoms with E-state index >= 15 is 0 Å². The first kappa shape index (κ1) is 13.9. The Bertz CT molecular complexity index is 638. The van der Waals surface area contributed by atoms with Crippen LogP contribution in [0.25, 0.3) is 0 Å². The average molecular weight is 281 g/mol. The summed E-state index contributed by atoms with van der Waals surface area (Å²) in [6.07, 6.45) is 0. The summed E-state index contributed by atoms with van der Waals surface area (Å²) in [5.74, 6) is -3.12. The van der Waals surface area contributed by atoms with Gasteiger partial charge in [-0.05, 0) is 23.8 Å². The molecule has 0 radical (unpaired) electrons. The summed E-state index contributed by atoms with van der Waals surface area (Å²) in [5.41, 5.74) is -0.368. The van der Waals surface area contributed by atoms with Crippen LogP contribution in [0.3, 0.4) is 0 Å².